The molecular formula is C22H17ClN4O3S. The molecule has 31 heavy (non-hydrogen) atoms. The van der Waals surface area contributed by atoms with Crippen molar-refractivity contribution in [1.29, 1.82) is 0 Å². The summed E-state index contributed by atoms with van der Waals surface area (Å²) < 4.78 is 13.6. The molecule has 0 radical (unpaired) electrons. The van der Waals surface area contributed by atoms with Gasteiger partial charge in [0.1, 0.15) is 5.82 Å². The van der Waals surface area contributed by atoms with Crippen LogP contribution in [0.15, 0.2) is 46.9 Å². The fourth-order valence-electron chi connectivity index (χ4n) is 3.40. The molecule has 7 nitrogen and oxygen atoms in total. The number of fused-ring (bicyclic) bond motifs is 2. The van der Waals surface area contributed by atoms with Gasteiger partial charge in [0.15, 0.2) is 17.1 Å². The summed E-state index contributed by atoms with van der Waals surface area (Å²) in [6, 6.07) is 12.7. The van der Waals surface area contributed by atoms with Crippen LogP contribution in [0.4, 0.5) is 5.82 Å². The van der Waals surface area contributed by atoms with Crippen LogP contribution in [0, 0.1) is 13.8 Å². The van der Waals surface area contributed by atoms with Gasteiger partial charge in [-0.3, -0.25) is 4.79 Å². The van der Waals surface area contributed by atoms with Crippen LogP contribution in [0.5, 0.6) is 5.75 Å². The average Bonchev–Trinajstić information content (AvgIpc) is 3.47. The first-order chi connectivity index (χ1) is 14.9. The first-order valence-electron chi connectivity index (χ1n) is 9.45. The summed E-state index contributed by atoms with van der Waals surface area (Å²) in [6.07, 6.45) is 0. The Hall–Kier alpha value is -3.36. The Morgan fingerprint density at radius 3 is 2.84 bits per heavy atom. The maximum absolute atomic E-state index is 12.9. The number of ether oxygens (including phenoxy) is 1. The second kappa shape index (κ2) is 7.40. The number of methoxy groups -OCH3 is 1. The van der Waals surface area contributed by atoms with Crippen LogP contribution in [0.25, 0.3) is 26.3 Å². The summed E-state index contributed by atoms with van der Waals surface area (Å²) in [6.45, 7) is 3.83. The van der Waals surface area contributed by atoms with Gasteiger partial charge in [-0.2, -0.15) is 9.78 Å². The van der Waals surface area contributed by atoms with Crippen molar-refractivity contribution in [2.24, 2.45) is 0 Å². The zero-order chi connectivity index (χ0) is 21.7. The van der Waals surface area contributed by atoms with E-state index >= 15 is 0 Å². The molecule has 3 aromatic heterocycles. The number of aryl methyl sites for hydroxylation is 2. The predicted molar refractivity (Wildman–Crippen MR) is 122 cm³/mol. The monoisotopic (exact) mass is 452 g/mol. The fraction of sp³-hybridized carbons (Fsp3) is 0.136. The number of amides is 1. The molecule has 0 bridgehead atoms. The Morgan fingerprint density at radius 2 is 2.06 bits per heavy atom. The molecular weight excluding hydrogens is 436 g/mol. The first kappa shape index (κ1) is 19.6. The molecule has 0 aliphatic heterocycles. The van der Waals surface area contributed by atoms with Gasteiger partial charge in [0.2, 0.25) is 5.13 Å². The van der Waals surface area contributed by atoms with E-state index in [1.165, 1.54) is 11.3 Å². The molecule has 5 aromatic rings. The van der Waals surface area contributed by atoms with Gasteiger partial charge in [-0.15, -0.1) is 0 Å². The largest absolute Gasteiger partial charge is 0.493 e. The summed E-state index contributed by atoms with van der Waals surface area (Å²) in [7, 11) is 1.56. The van der Waals surface area contributed by atoms with Crippen LogP contribution in [0.3, 0.4) is 0 Å². The molecule has 0 atom stereocenters. The summed E-state index contributed by atoms with van der Waals surface area (Å²) in [5.41, 5.74) is 3.11. The molecule has 3 heterocycles. The molecule has 1 amide bonds. The zero-order valence-electron chi connectivity index (χ0n) is 16.9. The number of thiazole rings is 1. The van der Waals surface area contributed by atoms with E-state index in [0.717, 1.165) is 26.9 Å². The Morgan fingerprint density at radius 1 is 1.23 bits per heavy atom. The fourth-order valence-corrected chi connectivity index (χ4v) is 4.68. The van der Waals surface area contributed by atoms with Crippen molar-refractivity contribution in [1.82, 2.24) is 14.8 Å². The second-order valence-electron chi connectivity index (χ2n) is 7.06. The van der Waals surface area contributed by atoms with Gasteiger partial charge in [0.25, 0.3) is 5.91 Å². The minimum atomic E-state index is -0.394. The molecule has 1 N–H and O–H groups in total. The number of carbonyl (C=O) groups is 1. The van der Waals surface area contributed by atoms with E-state index in [0.29, 0.717) is 27.3 Å². The lowest BCUT2D eigenvalue weighted by Gasteiger charge is -2.04. The number of carbonyl (C=O) groups excluding carboxylic acids is 1. The number of hydrogen-bond donors (Lipinski definition) is 1. The Bertz CT molecular complexity index is 1430. The number of halogens is 1. The highest BCUT2D eigenvalue weighted by atomic mass is 35.5. The quantitative estimate of drug-likeness (QED) is 0.375. The first-order valence-corrected chi connectivity index (χ1v) is 10.6. The van der Waals surface area contributed by atoms with Crippen molar-refractivity contribution in [2.45, 2.75) is 13.8 Å². The van der Waals surface area contributed by atoms with E-state index in [9.17, 15) is 4.79 Å². The minimum absolute atomic E-state index is 0.174. The third kappa shape index (κ3) is 3.34. The van der Waals surface area contributed by atoms with Gasteiger partial charge in [0, 0.05) is 11.5 Å². The van der Waals surface area contributed by atoms with Gasteiger partial charge in [0.05, 0.1) is 28.0 Å². The highest BCUT2D eigenvalue weighted by Crippen LogP contribution is 2.34. The summed E-state index contributed by atoms with van der Waals surface area (Å²) in [4.78, 5) is 17.6. The van der Waals surface area contributed by atoms with Gasteiger partial charge in [-0.1, -0.05) is 41.1 Å². The zero-order valence-corrected chi connectivity index (χ0v) is 18.5. The lowest BCUT2D eigenvalue weighted by atomic mass is 10.2. The number of para-hydroxylation sites is 1. The molecule has 9 heteroatoms. The molecule has 0 fully saturated rings. The van der Waals surface area contributed by atoms with Crippen molar-refractivity contribution in [3.8, 4) is 10.9 Å². The van der Waals surface area contributed by atoms with E-state index < -0.39 is 5.91 Å². The Kier molecular flexibility index (Phi) is 4.68. The lowest BCUT2D eigenvalue weighted by molar-refractivity contribution is 0.0998. The second-order valence-corrected chi connectivity index (χ2v) is 8.45. The molecule has 0 spiro atoms. The Labute approximate surface area is 186 Å². The maximum Gasteiger partial charge on any atom is 0.292 e. The number of nitrogens with zero attached hydrogens (tertiary/aromatic N) is 3. The van der Waals surface area contributed by atoms with Crippen LogP contribution in [0.1, 0.15) is 21.8 Å². The SMILES string of the molecule is COc1cccc2cc(C(=O)Nc3cc(C)nn3-c3nc4c(C)ccc(Cl)c4s3)oc12. The molecule has 0 aliphatic carbocycles. The van der Waals surface area contributed by atoms with Crippen molar-refractivity contribution < 1.29 is 13.9 Å². The third-order valence-corrected chi connectivity index (χ3v) is 6.38. The standard InChI is InChI=1S/C22H17ClN4O3S/c1-11-7-8-14(23)20-18(11)25-22(31-20)27-17(9-12(2)26-27)24-21(28)16-10-13-5-4-6-15(29-3)19(13)30-16/h4-10H,1-3H3,(H,24,28). The molecule has 5 rings (SSSR count). The Balaban J connectivity index is 1.52. The topological polar surface area (TPSA) is 82.2 Å². The predicted octanol–water partition coefficient (Wildman–Crippen LogP) is 5.76. The summed E-state index contributed by atoms with van der Waals surface area (Å²) in [5.74, 6) is 0.838. The van der Waals surface area contributed by atoms with Gasteiger partial charge >= 0.3 is 0 Å². The van der Waals surface area contributed by atoms with Crippen molar-refractivity contribution in [2.75, 3.05) is 12.4 Å². The third-order valence-electron chi connectivity index (χ3n) is 4.89. The highest BCUT2D eigenvalue weighted by molar-refractivity contribution is 7.21. The van der Waals surface area contributed by atoms with Crippen LogP contribution >= 0.6 is 22.9 Å². The van der Waals surface area contributed by atoms with Crippen LogP contribution in [0.2, 0.25) is 5.02 Å². The highest BCUT2D eigenvalue weighted by Gasteiger charge is 2.20. The number of benzene rings is 2. The number of anilines is 1. The number of nitrogens with one attached hydrogen (secondary N) is 1. The number of furan rings is 1. The number of hydrogen-bond acceptors (Lipinski definition) is 6. The molecule has 0 aliphatic rings. The molecule has 0 unspecified atom stereocenters. The molecule has 2 aromatic carbocycles. The van der Waals surface area contributed by atoms with Crippen LogP contribution in [-0.4, -0.2) is 27.8 Å². The summed E-state index contributed by atoms with van der Waals surface area (Å²) >= 11 is 7.77. The van der Waals surface area contributed by atoms with Crippen LogP contribution < -0.4 is 10.1 Å². The average molecular weight is 453 g/mol. The number of aromatic nitrogens is 3. The van der Waals surface area contributed by atoms with E-state index in [1.807, 2.05) is 38.1 Å². The molecule has 0 saturated carbocycles. The van der Waals surface area contributed by atoms with E-state index in [-0.39, 0.29) is 5.76 Å². The summed E-state index contributed by atoms with van der Waals surface area (Å²) in [5, 5.41) is 9.42. The maximum atomic E-state index is 12.9. The van der Waals surface area contributed by atoms with E-state index in [1.54, 1.807) is 30.0 Å². The smallest absolute Gasteiger partial charge is 0.292 e. The lowest BCUT2D eigenvalue weighted by Crippen LogP contribution is -2.14. The normalized spacial score (nSPS) is 11.4. The van der Waals surface area contributed by atoms with Crippen LogP contribution in [-0.2, 0) is 0 Å². The number of rotatable bonds is 4. The van der Waals surface area contributed by atoms with Gasteiger partial charge < -0.3 is 14.5 Å². The van der Waals surface area contributed by atoms with Crippen molar-refractivity contribution in [3.05, 3.63) is 64.5 Å². The molecule has 156 valence electrons. The van der Waals surface area contributed by atoms with Gasteiger partial charge in [-0.25, -0.2) is 4.98 Å². The minimum Gasteiger partial charge on any atom is -0.493 e. The van der Waals surface area contributed by atoms with E-state index in [2.05, 4.69) is 10.4 Å². The van der Waals surface area contributed by atoms with Gasteiger partial charge in [-0.05, 0) is 37.6 Å². The van der Waals surface area contributed by atoms with E-state index in [4.69, 9.17) is 25.7 Å². The van der Waals surface area contributed by atoms with Crippen molar-refractivity contribution >= 4 is 55.8 Å². The molecule has 0 saturated heterocycles. The van der Waals surface area contributed by atoms with Crippen molar-refractivity contribution in [3.63, 3.8) is 0 Å².